The maximum Gasteiger partial charge on any atom is 0.335 e. The Morgan fingerprint density at radius 3 is 2.79 bits per heavy atom. The molecule has 1 aliphatic rings. The van der Waals surface area contributed by atoms with Crippen LogP contribution in [-0.2, 0) is 6.54 Å². The average molecular weight is 257 g/mol. The molecule has 0 spiro atoms. The third-order valence-electron chi connectivity index (χ3n) is 3.32. The van der Waals surface area contributed by atoms with Crippen molar-refractivity contribution >= 4 is 11.7 Å². The molecule has 0 saturated heterocycles. The lowest BCUT2D eigenvalue weighted by Crippen LogP contribution is -2.24. The molecule has 1 fully saturated rings. The monoisotopic (exact) mass is 257 g/mol. The van der Waals surface area contributed by atoms with Crippen LogP contribution in [0.1, 0.15) is 29.0 Å². The maximum atomic E-state index is 11.0. The number of hydrogen-bond donors (Lipinski definition) is 1. The summed E-state index contributed by atoms with van der Waals surface area (Å²) < 4.78 is 5.38. The molecule has 0 atom stereocenters. The zero-order valence-corrected chi connectivity index (χ0v) is 10.5. The Labute approximate surface area is 111 Å². The van der Waals surface area contributed by atoms with E-state index in [-0.39, 0.29) is 0 Å². The quantitative estimate of drug-likeness (QED) is 0.894. The molecule has 1 heterocycles. The van der Waals surface area contributed by atoms with E-state index in [2.05, 4.69) is 4.90 Å². The van der Waals surface area contributed by atoms with Gasteiger partial charge in [0, 0.05) is 11.7 Å². The van der Waals surface area contributed by atoms with Crippen LogP contribution in [0, 0.1) is 0 Å². The Hall–Kier alpha value is -2.23. The summed E-state index contributed by atoms with van der Waals surface area (Å²) in [5, 5.41) is 9.06. The van der Waals surface area contributed by atoms with Crippen molar-refractivity contribution in [1.29, 1.82) is 0 Å². The second-order valence-electron chi connectivity index (χ2n) is 4.79. The van der Waals surface area contributed by atoms with Crippen LogP contribution in [0.3, 0.4) is 0 Å². The van der Waals surface area contributed by atoms with Crippen LogP contribution in [0.25, 0.3) is 0 Å². The summed E-state index contributed by atoms with van der Waals surface area (Å²) in [6, 6.07) is 11.4. The first kappa shape index (κ1) is 11.8. The molecule has 4 nitrogen and oxygen atoms in total. The zero-order chi connectivity index (χ0) is 13.2. The molecule has 0 amide bonds. The highest BCUT2D eigenvalue weighted by atomic mass is 16.4. The molecule has 1 aromatic carbocycles. The fourth-order valence-electron chi connectivity index (χ4n) is 2.21. The first-order valence-corrected chi connectivity index (χ1v) is 6.36. The predicted molar refractivity (Wildman–Crippen MR) is 71.3 cm³/mol. The summed E-state index contributed by atoms with van der Waals surface area (Å²) in [5.41, 5.74) is 1.27. The molecule has 0 unspecified atom stereocenters. The van der Waals surface area contributed by atoms with E-state index >= 15 is 0 Å². The summed E-state index contributed by atoms with van der Waals surface area (Å²) in [4.78, 5) is 13.3. The largest absolute Gasteiger partial charge is 0.478 e. The maximum absolute atomic E-state index is 11.0. The van der Waals surface area contributed by atoms with Crippen molar-refractivity contribution in [3.05, 3.63) is 54.0 Å². The number of benzene rings is 1. The fourth-order valence-corrected chi connectivity index (χ4v) is 2.21. The fraction of sp³-hybridized carbons (Fsp3) is 0.267. The van der Waals surface area contributed by atoms with Gasteiger partial charge in [-0.3, -0.25) is 0 Å². The molecular formula is C15H15NO3. The van der Waals surface area contributed by atoms with E-state index in [1.165, 1.54) is 0 Å². The Balaban J connectivity index is 1.87. The number of rotatable bonds is 5. The predicted octanol–water partition coefficient (Wildman–Crippen LogP) is 3.15. The SMILES string of the molecule is O=C(O)c1cccc(N(Cc2ccco2)C2CC2)c1. The normalized spacial score (nSPS) is 14.3. The molecule has 19 heavy (non-hydrogen) atoms. The van der Waals surface area contributed by atoms with Crippen LogP contribution in [0.5, 0.6) is 0 Å². The number of nitrogens with zero attached hydrogens (tertiary/aromatic N) is 1. The lowest BCUT2D eigenvalue weighted by atomic mass is 10.2. The molecule has 0 aliphatic heterocycles. The van der Waals surface area contributed by atoms with Gasteiger partial charge in [0.15, 0.2) is 0 Å². The molecule has 1 N–H and O–H groups in total. The van der Waals surface area contributed by atoms with Gasteiger partial charge in [-0.2, -0.15) is 0 Å². The van der Waals surface area contributed by atoms with Crippen LogP contribution < -0.4 is 4.90 Å². The first-order chi connectivity index (χ1) is 9.24. The van der Waals surface area contributed by atoms with E-state index in [1.54, 1.807) is 24.5 Å². The highest BCUT2D eigenvalue weighted by Crippen LogP contribution is 2.33. The van der Waals surface area contributed by atoms with Crippen LogP contribution in [0.4, 0.5) is 5.69 Å². The molecule has 1 saturated carbocycles. The third-order valence-corrected chi connectivity index (χ3v) is 3.32. The Morgan fingerprint density at radius 1 is 1.32 bits per heavy atom. The van der Waals surface area contributed by atoms with Crippen molar-refractivity contribution in [3.8, 4) is 0 Å². The van der Waals surface area contributed by atoms with Gasteiger partial charge in [0.2, 0.25) is 0 Å². The third kappa shape index (κ3) is 2.62. The number of furan rings is 1. The van der Waals surface area contributed by atoms with Gasteiger partial charge in [-0.25, -0.2) is 4.79 Å². The van der Waals surface area contributed by atoms with Gasteiger partial charge in [0.25, 0.3) is 0 Å². The van der Waals surface area contributed by atoms with Crippen molar-refractivity contribution in [1.82, 2.24) is 0 Å². The van der Waals surface area contributed by atoms with Gasteiger partial charge in [-0.05, 0) is 43.2 Å². The molecular weight excluding hydrogens is 242 g/mol. The lowest BCUT2D eigenvalue weighted by Gasteiger charge is -2.23. The molecule has 98 valence electrons. The van der Waals surface area contributed by atoms with E-state index < -0.39 is 5.97 Å². The first-order valence-electron chi connectivity index (χ1n) is 6.36. The summed E-state index contributed by atoms with van der Waals surface area (Å²) in [6.07, 6.45) is 3.96. The number of hydrogen-bond acceptors (Lipinski definition) is 3. The van der Waals surface area contributed by atoms with Gasteiger partial charge in [-0.15, -0.1) is 0 Å². The van der Waals surface area contributed by atoms with Gasteiger partial charge >= 0.3 is 5.97 Å². The van der Waals surface area contributed by atoms with Gasteiger partial charge in [0.1, 0.15) is 5.76 Å². The van der Waals surface area contributed by atoms with Crippen LogP contribution in [0.2, 0.25) is 0 Å². The summed E-state index contributed by atoms with van der Waals surface area (Å²) in [6.45, 7) is 0.681. The number of aromatic carboxylic acids is 1. The van der Waals surface area contributed by atoms with Crippen molar-refractivity contribution in [2.24, 2.45) is 0 Å². The van der Waals surface area contributed by atoms with E-state index in [4.69, 9.17) is 9.52 Å². The second-order valence-corrected chi connectivity index (χ2v) is 4.79. The Morgan fingerprint density at radius 2 is 2.16 bits per heavy atom. The highest BCUT2D eigenvalue weighted by Gasteiger charge is 2.30. The van der Waals surface area contributed by atoms with Crippen LogP contribution in [0.15, 0.2) is 47.1 Å². The van der Waals surface area contributed by atoms with Crippen molar-refractivity contribution in [2.75, 3.05) is 4.90 Å². The zero-order valence-electron chi connectivity index (χ0n) is 10.5. The van der Waals surface area contributed by atoms with E-state index in [9.17, 15) is 4.79 Å². The van der Waals surface area contributed by atoms with Gasteiger partial charge in [0.05, 0.1) is 18.4 Å². The molecule has 1 aromatic heterocycles. The van der Waals surface area contributed by atoms with Gasteiger partial charge in [-0.1, -0.05) is 6.07 Å². The van der Waals surface area contributed by atoms with E-state index in [1.807, 2.05) is 18.2 Å². The minimum Gasteiger partial charge on any atom is -0.478 e. The second kappa shape index (κ2) is 4.80. The van der Waals surface area contributed by atoms with E-state index in [0.717, 1.165) is 24.3 Å². The number of carboxylic acid groups (broad SMARTS) is 1. The highest BCUT2D eigenvalue weighted by molar-refractivity contribution is 5.88. The number of anilines is 1. The lowest BCUT2D eigenvalue weighted by molar-refractivity contribution is 0.0697. The van der Waals surface area contributed by atoms with Crippen LogP contribution >= 0.6 is 0 Å². The molecule has 3 rings (SSSR count). The molecule has 0 radical (unpaired) electrons. The topological polar surface area (TPSA) is 53.7 Å². The van der Waals surface area contributed by atoms with Crippen molar-refractivity contribution < 1.29 is 14.3 Å². The summed E-state index contributed by atoms with van der Waals surface area (Å²) in [5.74, 6) is 0.00298. The number of carboxylic acids is 1. The molecule has 1 aliphatic carbocycles. The van der Waals surface area contributed by atoms with Crippen LogP contribution in [-0.4, -0.2) is 17.1 Å². The molecule has 4 heteroatoms. The summed E-state index contributed by atoms with van der Waals surface area (Å²) in [7, 11) is 0. The molecule has 0 bridgehead atoms. The van der Waals surface area contributed by atoms with Crippen molar-refractivity contribution in [2.45, 2.75) is 25.4 Å². The standard InChI is InChI=1S/C15H15NO3/c17-15(18)11-3-1-4-13(9-11)16(12-6-7-12)10-14-5-2-8-19-14/h1-5,8-9,12H,6-7,10H2,(H,17,18). The molecule has 2 aromatic rings. The van der Waals surface area contributed by atoms with Gasteiger partial charge < -0.3 is 14.4 Å². The number of carbonyl (C=O) groups is 1. The van der Waals surface area contributed by atoms with Crippen molar-refractivity contribution in [3.63, 3.8) is 0 Å². The minimum absolute atomic E-state index is 0.322. The Kier molecular flexibility index (Phi) is 2.99. The Bertz CT molecular complexity index is 573. The minimum atomic E-state index is -0.893. The smallest absolute Gasteiger partial charge is 0.335 e. The summed E-state index contributed by atoms with van der Waals surface area (Å²) >= 11 is 0. The van der Waals surface area contributed by atoms with E-state index in [0.29, 0.717) is 18.2 Å². The average Bonchev–Trinajstić information content (AvgIpc) is 3.13.